The lowest BCUT2D eigenvalue weighted by molar-refractivity contribution is 0.387. The molecule has 0 amide bonds. The molecule has 2 heterocycles. The zero-order chi connectivity index (χ0) is 12.3. The Morgan fingerprint density at radius 3 is 2.83 bits per heavy atom. The van der Waals surface area contributed by atoms with E-state index in [1.54, 1.807) is 0 Å². The zero-order valence-corrected chi connectivity index (χ0v) is 11.4. The van der Waals surface area contributed by atoms with Crippen LogP contribution >= 0.6 is 0 Å². The third-order valence-corrected chi connectivity index (χ3v) is 5.38. The van der Waals surface area contributed by atoms with Crippen LogP contribution in [0.1, 0.15) is 63.6 Å². The number of hydrogen-bond acceptors (Lipinski definition) is 2. The molecule has 4 rings (SSSR count). The summed E-state index contributed by atoms with van der Waals surface area (Å²) < 4.78 is 2.22. The van der Waals surface area contributed by atoms with E-state index in [9.17, 15) is 0 Å². The van der Waals surface area contributed by atoms with Crippen LogP contribution in [0.5, 0.6) is 0 Å². The highest BCUT2D eigenvalue weighted by atomic mass is 15.4. The summed E-state index contributed by atoms with van der Waals surface area (Å²) in [6, 6.07) is 3.46. The number of rotatable bonds is 1. The van der Waals surface area contributed by atoms with E-state index in [2.05, 4.69) is 29.9 Å². The third kappa shape index (κ3) is 1.52. The molecule has 1 aromatic rings. The highest BCUT2D eigenvalue weighted by Gasteiger charge is 2.41. The third-order valence-electron chi connectivity index (χ3n) is 5.38. The van der Waals surface area contributed by atoms with E-state index in [0.717, 1.165) is 17.8 Å². The van der Waals surface area contributed by atoms with Gasteiger partial charge >= 0.3 is 0 Å². The molecule has 2 fully saturated rings. The minimum atomic E-state index is 0.545. The molecule has 2 saturated carbocycles. The van der Waals surface area contributed by atoms with Gasteiger partial charge in [-0.3, -0.25) is 0 Å². The smallest absolute Gasteiger partial charge is 0.125 e. The van der Waals surface area contributed by atoms with Crippen LogP contribution < -0.4 is 5.32 Å². The fraction of sp³-hybridized carbons (Fsp3) is 0.800. The number of nitrogens with zero attached hydrogens (tertiary/aromatic N) is 2. The molecule has 5 unspecified atom stereocenters. The van der Waals surface area contributed by atoms with E-state index in [-0.39, 0.29) is 0 Å². The Morgan fingerprint density at radius 2 is 2.11 bits per heavy atom. The fourth-order valence-corrected chi connectivity index (χ4v) is 4.57. The molecule has 1 N–H and O–H groups in total. The monoisotopic (exact) mass is 245 g/mol. The van der Waals surface area contributed by atoms with Gasteiger partial charge in [-0.05, 0) is 51.4 Å². The molecular formula is C15H23N3. The van der Waals surface area contributed by atoms with Gasteiger partial charge in [-0.15, -0.1) is 0 Å². The summed E-state index contributed by atoms with van der Waals surface area (Å²) in [5.41, 5.74) is 1.37. The van der Waals surface area contributed by atoms with Gasteiger partial charge in [0.15, 0.2) is 0 Å². The molecule has 3 heteroatoms. The van der Waals surface area contributed by atoms with Gasteiger partial charge in [-0.2, -0.15) is 5.10 Å². The standard InChI is InChI=1S/C15H23N3/c1-9-5-10(2)18-15(16-9)8-14(17-18)13-7-11-3-4-12(13)6-11/h8-13,16H,3-7H2,1-2H3. The van der Waals surface area contributed by atoms with Gasteiger partial charge in [0.2, 0.25) is 0 Å². The normalized spacial score (nSPS) is 41.8. The van der Waals surface area contributed by atoms with Gasteiger partial charge in [-0.25, -0.2) is 4.68 Å². The Morgan fingerprint density at radius 1 is 1.22 bits per heavy atom. The summed E-state index contributed by atoms with van der Waals surface area (Å²) in [6.07, 6.45) is 6.96. The van der Waals surface area contributed by atoms with Crippen LogP contribution in [0.25, 0.3) is 0 Å². The summed E-state index contributed by atoms with van der Waals surface area (Å²) in [4.78, 5) is 0. The maximum Gasteiger partial charge on any atom is 0.125 e. The Balaban J connectivity index is 1.65. The molecule has 2 bridgehead atoms. The first-order chi connectivity index (χ1) is 8.70. The van der Waals surface area contributed by atoms with Gasteiger partial charge in [0.25, 0.3) is 0 Å². The number of aromatic nitrogens is 2. The average molecular weight is 245 g/mol. The van der Waals surface area contributed by atoms with Crippen molar-refractivity contribution in [3.8, 4) is 0 Å². The maximum atomic E-state index is 4.92. The van der Waals surface area contributed by atoms with E-state index < -0.39 is 0 Å². The molecule has 0 spiro atoms. The second-order valence-corrected chi connectivity index (χ2v) is 6.81. The largest absolute Gasteiger partial charge is 0.368 e. The molecule has 2 aliphatic carbocycles. The summed E-state index contributed by atoms with van der Waals surface area (Å²) in [6.45, 7) is 4.56. The first-order valence-corrected chi connectivity index (χ1v) is 7.56. The van der Waals surface area contributed by atoms with Crippen molar-refractivity contribution in [3.63, 3.8) is 0 Å². The predicted octanol–water partition coefficient (Wildman–Crippen LogP) is 3.55. The first-order valence-electron chi connectivity index (χ1n) is 7.56. The van der Waals surface area contributed by atoms with Crippen LogP contribution in [0.2, 0.25) is 0 Å². The Kier molecular flexibility index (Phi) is 2.27. The second kappa shape index (κ2) is 3.75. The minimum absolute atomic E-state index is 0.545. The second-order valence-electron chi connectivity index (χ2n) is 6.81. The molecule has 3 nitrogen and oxygen atoms in total. The van der Waals surface area contributed by atoms with Gasteiger partial charge in [0.05, 0.1) is 11.7 Å². The molecule has 5 atom stereocenters. The van der Waals surface area contributed by atoms with Crippen molar-refractivity contribution in [2.75, 3.05) is 5.32 Å². The first kappa shape index (κ1) is 10.9. The van der Waals surface area contributed by atoms with Crippen LogP contribution in [-0.4, -0.2) is 15.8 Å². The molecule has 98 valence electrons. The lowest BCUT2D eigenvalue weighted by atomic mass is 9.86. The van der Waals surface area contributed by atoms with Crippen LogP contribution in [0.15, 0.2) is 6.07 Å². The molecule has 0 radical (unpaired) electrons. The van der Waals surface area contributed by atoms with E-state index in [1.807, 2.05) is 0 Å². The van der Waals surface area contributed by atoms with Crippen LogP contribution in [0, 0.1) is 11.8 Å². The minimum Gasteiger partial charge on any atom is -0.368 e. The Labute approximate surface area is 109 Å². The average Bonchev–Trinajstić information content (AvgIpc) is 3.01. The molecule has 0 aromatic carbocycles. The van der Waals surface area contributed by atoms with Crippen molar-refractivity contribution in [2.45, 2.75) is 64.0 Å². The molecular weight excluding hydrogens is 222 g/mol. The molecule has 3 aliphatic rings. The molecule has 1 aliphatic heterocycles. The predicted molar refractivity (Wildman–Crippen MR) is 72.8 cm³/mol. The lowest BCUT2D eigenvalue weighted by Gasteiger charge is -2.27. The van der Waals surface area contributed by atoms with Crippen LogP contribution in [0.4, 0.5) is 5.82 Å². The molecule has 0 saturated heterocycles. The van der Waals surface area contributed by atoms with Crippen molar-refractivity contribution in [1.29, 1.82) is 0 Å². The van der Waals surface area contributed by atoms with Gasteiger partial charge in [0, 0.05) is 18.0 Å². The summed E-state index contributed by atoms with van der Waals surface area (Å²) in [5, 5.41) is 8.50. The van der Waals surface area contributed by atoms with Crippen LogP contribution in [0.3, 0.4) is 0 Å². The van der Waals surface area contributed by atoms with Crippen molar-refractivity contribution in [1.82, 2.24) is 9.78 Å². The Hall–Kier alpha value is -0.990. The summed E-state index contributed by atoms with van der Waals surface area (Å²) >= 11 is 0. The maximum absolute atomic E-state index is 4.92. The fourth-order valence-electron chi connectivity index (χ4n) is 4.57. The van der Waals surface area contributed by atoms with Gasteiger partial charge in [0.1, 0.15) is 5.82 Å². The highest BCUT2D eigenvalue weighted by Crippen LogP contribution is 2.53. The van der Waals surface area contributed by atoms with E-state index >= 15 is 0 Å². The van der Waals surface area contributed by atoms with Gasteiger partial charge in [-0.1, -0.05) is 6.42 Å². The van der Waals surface area contributed by atoms with Crippen molar-refractivity contribution in [2.24, 2.45) is 11.8 Å². The van der Waals surface area contributed by atoms with Crippen molar-refractivity contribution < 1.29 is 0 Å². The van der Waals surface area contributed by atoms with Crippen molar-refractivity contribution >= 4 is 5.82 Å². The molecule has 1 aromatic heterocycles. The number of hydrogen-bond donors (Lipinski definition) is 1. The summed E-state index contributed by atoms with van der Waals surface area (Å²) in [7, 11) is 0. The highest BCUT2D eigenvalue weighted by molar-refractivity contribution is 5.41. The number of anilines is 1. The number of nitrogens with one attached hydrogen (secondary N) is 1. The number of fused-ring (bicyclic) bond motifs is 3. The van der Waals surface area contributed by atoms with Crippen LogP contribution in [-0.2, 0) is 0 Å². The van der Waals surface area contributed by atoms with E-state index in [1.165, 1.54) is 43.6 Å². The quantitative estimate of drug-likeness (QED) is 0.820. The van der Waals surface area contributed by atoms with E-state index in [0.29, 0.717) is 12.1 Å². The Bertz CT molecular complexity index is 464. The lowest BCUT2D eigenvalue weighted by Crippen LogP contribution is -2.28. The van der Waals surface area contributed by atoms with Crippen molar-refractivity contribution in [3.05, 3.63) is 11.8 Å². The van der Waals surface area contributed by atoms with Gasteiger partial charge < -0.3 is 5.32 Å². The summed E-state index contributed by atoms with van der Waals surface area (Å²) in [5.74, 6) is 3.94. The topological polar surface area (TPSA) is 29.9 Å². The SMILES string of the molecule is CC1CC(C)n2nc(C3CC4CCC3C4)cc2N1. The molecule has 18 heavy (non-hydrogen) atoms. The zero-order valence-electron chi connectivity index (χ0n) is 11.4. The van der Waals surface area contributed by atoms with E-state index in [4.69, 9.17) is 5.10 Å².